The third kappa shape index (κ3) is 7.39. The number of benzene rings is 1. The zero-order valence-corrected chi connectivity index (χ0v) is 19.6. The summed E-state index contributed by atoms with van der Waals surface area (Å²) < 4.78 is 41.3. The minimum absolute atomic E-state index is 0.154. The van der Waals surface area contributed by atoms with Crippen LogP contribution in [0.1, 0.15) is 25.8 Å². The van der Waals surface area contributed by atoms with Crippen molar-refractivity contribution in [3.8, 4) is 0 Å². The summed E-state index contributed by atoms with van der Waals surface area (Å²) in [7, 11) is -3.79. The van der Waals surface area contributed by atoms with Gasteiger partial charge in [-0.1, -0.05) is 17.7 Å². The molecule has 1 aromatic rings. The summed E-state index contributed by atoms with van der Waals surface area (Å²) >= 11 is 20.2. The quantitative estimate of drug-likeness (QED) is 0.326. The Hall–Kier alpha value is -0.01000. The van der Waals surface area contributed by atoms with Crippen LogP contribution in [-0.4, -0.2) is 42.8 Å². The first kappa shape index (κ1) is 25.0. The van der Waals surface area contributed by atoms with Crippen molar-refractivity contribution >= 4 is 66.5 Å². The molecule has 1 unspecified atom stereocenters. The first-order chi connectivity index (χ1) is 12.2. The summed E-state index contributed by atoms with van der Waals surface area (Å²) in [6, 6.07) is 5.51. The highest BCUT2D eigenvalue weighted by Gasteiger charge is 2.52. The SMILES string of the molecule is CCOC(=O)[C@H]1N(S(=O)(=O)c2ccc(C)cc2)CCC1(C)Cl.O=P(Cl)(Cl)Cl. The van der Waals surface area contributed by atoms with E-state index in [0.717, 1.165) is 9.87 Å². The van der Waals surface area contributed by atoms with Crippen molar-refractivity contribution in [2.75, 3.05) is 13.2 Å². The Morgan fingerprint density at radius 3 is 2.22 bits per heavy atom. The molecule has 0 N–H and O–H groups in total. The highest BCUT2D eigenvalue weighted by atomic mass is 36.0. The topological polar surface area (TPSA) is 80.8 Å². The van der Waals surface area contributed by atoms with Crippen molar-refractivity contribution in [3.05, 3.63) is 29.8 Å². The third-order valence-corrected chi connectivity index (χ3v) is 6.09. The number of hydrogen-bond donors (Lipinski definition) is 0. The molecule has 2 rings (SSSR count). The first-order valence-corrected chi connectivity index (χ1v) is 14.1. The van der Waals surface area contributed by atoms with Gasteiger partial charge in [-0.3, -0.25) is 9.36 Å². The fourth-order valence-electron chi connectivity index (χ4n) is 2.58. The monoisotopic (exact) mass is 497 g/mol. The minimum atomic E-state index is -3.79. The van der Waals surface area contributed by atoms with E-state index in [2.05, 4.69) is 33.7 Å². The van der Waals surface area contributed by atoms with Crippen molar-refractivity contribution < 1.29 is 22.5 Å². The number of halogens is 4. The molecule has 0 aliphatic carbocycles. The minimum Gasteiger partial charge on any atom is -0.465 e. The van der Waals surface area contributed by atoms with Gasteiger partial charge in [0.15, 0.2) is 0 Å². The van der Waals surface area contributed by atoms with Crippen molar-refractivity contribution in [1.82, 2.24) is 4.31 Å². The van der Waals surface area contributed by atoms with Crippen LogP contribution in [0.4, 0.5) is 0 Å². The highest BCUT2D eigenvalue weighted by Crippen LogP contribution is 2.61. The molecule has 2 atom stereocenters. The molecule has 154 valence electrons. The van der Waals surface area contributed by atoms with Gasteiger partial charge < -0.3 is 4.74 Å². The van der Waals surface area contributed by atoms with Crippen molar-refractivity contribution in [3.63, 3.8) is 0 Å². The second-order valence-electron chi connectivity index (χ2n) is 6.01. The first-order valence-electron chi connectivity index (χ1n) is 7.83. The summed E-state index contributed by atoms with van der Waals surface area (Å²) in [6.45, 7) is 5.60. The van der Waals surface area contributed by atoms with Crippen molar-refractivity contribution in [2.45, 2.75) is 43.0 Å². The molecule has 1 aliphatic heterocycles. The average molecular weight is 499 g/mol. The van der Waals surface area contributed by atoms with Gasteiger partial charge in [-0.2, -0.15) is 4.31 Å². The molecule has 1 aromatic carbocycles. The number of aryl methyl sites for hydroxylation is 1. The number of esters is 1. The van der Waals surface area contributed by atoms with Crippen LogP contribution >= 0.6 is 50.5 Å². The molecule has 0 amide bonds. The predicted octanol–water partition coefficient (Wildman–Crippen LogP) is 5.13. The number of hydrogen-bond acceptors (Lipinski definition) is 5. The molecule has 0 bridgehead atoms. The lowest BCUT2D eigenvalue weighted by molar-refractivity contribution is -0.147. The van der Waals surface area contributed by atoms with E-state index in [-0.39, 0.29) is 18.0 Å². The number of ether oxygens (including phenoxy) is 1. The van der Waals surface area contributed by atoms with Gasteiger partial charge in [-0.25, -0.2) is 8.42 Å². The highest BCUT2D eigenvalue weighted by molar-refractivity contribution is 8.24. The summed E-state index contributed by atoms with van der Waals surface area (Å²) in [6.07, 6.45) is 0.392. The van der Waals surface area contributed by atoms with Crippen LogP contribution < -0.4 is 0 Å². The van der Waals surface area contributed by atoms with E-state index in [0.29, 0.717) is 6.42 Å². The molecular weight excluding hydrogens is 479 g/mol. The van der Waals surface area contributed by atoms with E-state index in [1.54, 1.807) is 26.0 Å². The van der Waals surface area contributed by atoms with Gasteiger partial charge in [-0.15, -0.1) is 11.6 Å². The Balaban J connectivity index is 0.000000646. The third-order valence-electron chi connectivity index (χ3n) is 3.82. The maximum Gasteiger partial charge on any atom is 0.339 e. The van der Waals surface area contributed by atoms with Crippen molar-refractivity contribution in [1.29, 1.82) is 0 Å². The van der Waals surface area contributed by atoms with Gasteiger partial charge in [0.05, 0.1) is 16.4 Å². The lowest BCUT2D eigenvalue weighted by Crippen LogP contribution is -2.48. The van der Waals surface area contributed by atoms with E-state index in [1.165, 1.54) is 12.1 Å². The van der Waals surface area contributed by atoms with Crippen LogP contribution in [0.2, 0.25) is 0 Å². The standard InChI is InChI=1S/C15H20ClNO4S.Cl3OP/c1-4-21-14(18)13-15(3,16)9-10-17(13)22(19,20)12-7-5-11(2)6-8-12;1-5(2,3)4/h5-8,13H,4,9-10H2,1-3H3;/t13-,15?;/m1./s1. The Labute approximate surface area is 178 Å². The molecule has 12 heteroatoms. The van der Waals surface area contributed by atoms with E-state index in [9.17, 15) is 17.8 Å². The molecule has 0 saturated carbocycles. The Morgan fingerprint density at radius 1 is 1.30 bits per heavy atom. The summed E-state index contributed by atoms with van der Waals surface area (Å²) in [5.74, 6) is -0.604. The molecule has 0 aromatic heterocycles. The van der Waals surface area contributed by atoms with E-state index in [4.69, 9.17) is 16.3 Å². The van der Waals surface area contributed by atoms with Crippen LogP contribution in [0.3, 0.4) is 0 Å². The lowest BCUT2D eigenvalue weighted by Gasteiger charge is -2.28. The van der Waals surface area contributed by atoms with Gasteiger partial charge >= 0.3 is 11.2 Å². The maximum atomic E-state index is 12.8. The Morgan fingerprint density at radius 2 is 1.78 bits per heavy atom. The normalized spacial score (nSPS) is 23.4. The smallest absolute Gasteiger partial charge is 0.339 e. The predicted molar refractivity (Wildman–Crippen MR) is 110 cm³/mol. The zero-order chi connectivity index (χ0) is 21.0. The number of nitrogens with zero attached hydrogens (tertiary/aromatic N) is 1. The zero-order valence-electron chi connectivity index (χ0n) is 14.9. The second-order valence-corrected chi connectivity index (χ2v) is 15.4. The van der Waals surface area contributed by atoms with Gasteiger partial charge in [-0.05, 0) is 73.0 Å². The lowest BCUT2D eigenvalue weighted by atomic mass is 10.0. The van der Waals surface area contributed by atoms with Crippen LogP contribution in [0.25, 0.3) is 0 Å². The number of sulfonamides is 1. The number of alkyl halides is 1. The van der Waals surface area contributed by atoms with Gasteiger partial charge in [0, 0.05) is 6.54 Å². The molecule has 27 heavy (non-hydrogen) atoms. The van der Waals surface area contributed by atoms with Crippen LogP contribution in [-0.2, 0) is 24.1 Å². The molecule has 1 aliphatic rings. The number of rotatable bonds is 4. The Kier molecular flexibility index (Phi) is 8.95. The molecule has 1 heterocycles. The van der Waals surface area contributed by atoms with Crippen molar-refractivity contribution in [2.24, 2.45) is 0 Å². The van der Waals surface area contributed by atoms with Crippen LogP contribution in [0.5, 0.6) is 0 Å². The van der Waals surface area contributed by atoms with E-state index >= 15 is 0 Å². The molecule has 0 radical (unpaired) electrons. The summed E-state index contributed by atoms with van der Waals surface area (Å²) in [4.78, 5) is 11.4. The molecule has 1 saturated heterocycles. The molecule has 1 fully saturated rings. The van der Waals surface area contributed by atoms with Gasteiger partial charge in [0.1, 0.15) is 6.04 Å². The van der Waals surface area contributed by atoms with Crippen LogP contribution in [0.15, 0.2) is 29.2 Å². The van der Waals surface area contributed by atoms with Gasteiger partial charge in [0.2, 0.25) is 10.0 Å². The molecular formula is C15H20Cl4NO5PS. The van der Waals surface area contributed by atoms with E-state index < -0.39 is 32.1 Å². The Bertz CT molecular complexity index is 802. The number of carbonyl (C=O) groups excluding carboxylic acids is 1. The second kappa shape index (κ2) is 9.66. The molecule has 6 nitrogen and oxygen atoms in total. The maximum absolute atomic E-state index is 12.8. The molecule has 0 spiro atoms. The van der Waals surface area contributed by atoms with Gasteiger partial charge in [0.25, 0.3) is 0 Å². The summed E-state index contributed by atoms with van der Waals surface area (Å²) in [5, 5.41) is -3.22. The number of carbonyl (C=O) groups is 1. The average Bonchev–Trinajstić information content (AvgIpc) is 2.82. The fraction of sp³-hybridized carbons (Fsp3) is 0.533. The van der Waals surface area contributed by atoms with Crippen LogP contribution in [0, 0.1) is 6.92 Å². The fourth-order valence-corrected chi connectivity index (χ4v) is 4.61. The van der Waals surface area contributed by atoms with E-state index in [1.807, 2.05) is 6.92 Å². The largest absolute Gasteiger partial charge is 0.465 e. The summed E-state index contributed by atoms with van der Waals surface area (Å²) in [5.41, 5.74) is 0.962.